The molecule has 1 aromatic heterocycles. The van der Waals surface area contributed by atoms with Crippen molar-refractivity contribution in [1.82, 2.24) is 9.97 Å². The normalized spacial score (nSPS) is 11.1. The summed E-state index contributed by atoms with van der Waals surface area (Å²) in [5.41, 5.74) is 4.92. The van der Waals surface area contributed by atoms with Crippen molar-refractivity contribution in [3.05, 3.63) is 69.0 Å². The van der Waals surface area contributed by atoms with Crippen LogP contribution in [0.2, 0.25) is 0 Å². The second kappa shape index (κ2) is 8.53. The molecule has 3 aromatic rings. The smallest absolute Gasteiger partial charge is 0.259 e. The molecular formula is C22H24N2O2S. The van der Waals surface area contributed by atoms with E-state index in [4.69, 9.17) is 0 Å². The van der Waals surface area contributed by atoms with Crippen LogP contribution in [-0.2, 0) is 11.2 Å². The molecule has 0 aliphatic heterocycles. The molecule has 0 fully saturated rings. The number of aryl methyl sites for hydroxylation is 3. The number of benzene rings is 2. The maximum atomic E-state index is 12.3. The minimum atomic E-state index is -0.101. The third-order valence-corrected chi connectivity index (χ3v) is 5.45. The van der Waals surface area contributed by atoms with Crippen molar-refractivity contribution in [3.8, 4) is 0 Å². The van der Waals surface area contributed by atoms with Gasteiger partial charge in [0.2, 0.25) is 0 Å². The van der Waals surface area contributed by atoms with Crippen LogP contribution in [0.25, 0.3) is 10.9 Å². The van der Waals surface area contributed by atoms with Crippen LogP contribution in [0.4, 0.5) is 0 Å². The second-order valence-electron chi connectivity index (χ2n) is 7.00. The van der Waals surface area contributed by atoms with Gasteiger partial charge in [0.15, 0.2) is 5.16 Å². The lowest BCUT2D eigenvalue weighted by molar-refractivity contribution is -0.118. The monoisotopic (exact) mass is 380 g/mol. The van der Waals surface area contributed by atoms with Crippen LogP contribution >= 0.6 is 11.8 Å². The van der Waals surface area contributed by atoms with Gasteiger partial charge in [-0.1, -0.05) is 47.7 Å². The number of fused-ring (bicyclic) bond motifs is 1. The van der Waals surface area contributed by atoms with Gasteiger partial charge in [-0.25, -0.2) is 4.98 Å². The number of hydrogen-bond acceptors (Lipinski definition) is 4. The predicted molar refractivity (Wildman–Crippen MR) is 112 cm³/mol. The maximum Gasteiger partial charge on any atom is 0.259 e. The molecule has 0 unspecified atom stereocenters. The molecule has 5 heteroatoms. The number of rotatable bonds is 7. The Labute approximate surface area is 163 Å². The minimum absolute atomic E-state index is 0.101. The molecule has 140 valence electrons. The van der Waals surface area contributed by atoms with E-state index in [9.17, 15) is 9.59 Å². The fraction of sp³-hybridized carbons (Fsp3) is 0.318. The van der Waals surface area contributed by atoms with Crippen molar-refractivity contribution < 1.29 is 4.79 Å². The molecule has 0 aliphatic rings. The average Bonchev–Trinajstić information content (AvgIpc) is 2.60. The van der Waals surface area contributed by atoms with Crippen LogP contribution in [0, 0.1) is 20.8 Å². The number of aromatic amines is 1. The molecule has 1 N–H and O–H groups in total. The molecule has 1 heterocycles. The molecule has 27 heavy (non-hydrogen) atoms. The maximum absolute atomic E-state index is 12.3. The summed E-state index contributed by atoms with van der Waals surface area (Å²) in [4.78, 5) is 31.9. The highest BCUT2D eigenvalue weighted by molar-refractivity contribution is 7.99. The summed E-state index contributed by atoms with van der Waals surface area (Å²) in [6, 6.07) is 12.0. The number of carbonyl (C=O) groups is 1. The van der Waals surface area contributed by atoms with Crippen LogP contribution in [0.3, 0.4) is 0 Å². The highest BCUT2D eigenvalue weighted by Gasteiger charge is 2.09. The molecule has 4 nitrogen and oxygen atoms in total. The van der Waals surface area contributed by atoms with Crippen molar-refractivity contribution in [1.29, 1.82) is 0 Å². The van der Waals surface area contributed by atoms with Crippen LogP contribution < -0.4 is 5.56 Å². The molecule has 0 radical (unpaired) electrons. The molecule has 0 aliphatic carbocycles. The van der Waals surface area contributed by atoms with Gasteiger partial charge in [0.1, 0.15) is 5.78 Å². The molecule has 0 atom stereocenters. The number of aromatic nitrogens is 2. The Morgan fingerprint density at radius 3 is 2.56 bits per heavy atom. The van der Waals surface area contributed by atoms with E-state index in [-0.39, 0.29) is 11.3 Å². The van der Waals surface area contributed by atoms with Crippen molar-refractivity contribution in [2.24, 2.45) is 0 Å². The fourth-order valence-electron chi connectivity index (χ4n) is 3.15. The van der Waals surface area contributed by atoms with Crippen LogP contribution in [0.5, 0.6) is 0 Å². The molecule has 0 bridgehead atoms. The van der Waals surface area contributed by atoms with E-state index in [0.29, 0.717) is 23.4 Å². The van der Waals surface area contributed by atoms with Gasteiger partial charge in [-0.2, -0.15) is 0 Å². The number of ketones is 1. The van der Waals surface area contributed by atoms with Crippen LogP contribution in [0.1, 0.15) is 35.1 Å². The Morgan fingerprint density at radius 2 is 1.81 bits per heavy atom. The summed E-state index contributed by atoms with van der Waals surface area (Å²) in [6.45, 7) is 5.97. The Balaban J connectivity index is 1.55. The predicted octanol–water partition coefficient (Wildman–Crippen LogP) is 4.53. The Morgan fingerprint density at radius 1 is 1.07 bits per heavy atom. The summed E-state index contributed by atoms with van der Waals surface area (Å²) in [6.07, 6.45) is 1.79. The third-order valence-electron chi connectivity index (χ3n) is 4.49. The van der Waals surface area contributed by atoms with Crippen molar-refractivity contribution in [2.45, 2.75) is 45.2 Å². The van der Waals surface area contributed by atoms with Crippen molar-refractivity contribution in [2.75, 3.05) is 5.75 Å². The molecular weight excluding hydrogens is 356 g/mol. The van der Waals surface area contributed by atoms with E-state index < -0.39 is 0 Å². The molecule has 3 rings (SSSR count). The number of nitrogens with one attached hydrogen (secondary N) is 1. The van der Waals surface area contributed by atoms with Crippen molar-refractivity contribution in [3.63, 3.8) is 0 Å². The van der Waals surface area contributed by atoms with Gasteiger partial charge in [0, 0.05) is 18.6 Å². The topological polar surface area (TPSA) is 62.8 Å². The van der Waals surface area contributed by atoms with Gasteiger partial charge in [-0.15, -0.1) is 0 Å². The lowest BCUT2D eigenvalue weighted by Crippen LogP contribution is -2.11. The highest BCUT2D eigenvalue weighted by atomic mass is 32.2. The number of H-pyrrole nitrogens is 1. The summed E-state index contributed by atoms with van der Waals surface area (Å²) in [5.74, 6) is 0.990. The zero-order chi connectivity index (χ0) is 19.4. The number of nitrogens with zero attached hydrogens (tertiary/aromatic N) is 1. The fourth-order valence-corrected chi connectivity index (χ4v) is 3.96. The van der Waals surface area contributed by atoms with E-state index >= 15 is 0 Å². The molecule has 2 aromatic carbocycles. The van der Waals surface area contributed by atoms with E-state index in [0.717, 1.165) is 34.4 Å². The second-order valence-corrected chi connectivity index (χ2v) is 8.08. The number of carbonyl (C=O) groups excluding carboxylic acids is 1. The van der Waals surface area contributed by atoms with Gasteiger partial charge in [-0.3, -0.25) is 9.59 Å². The van der Waals surface area contributed by atoms with E-state index in [1.807, 2.05) is 57.2 Å². The number of hydrogen-bond donors (Lipinski definition) is 1. The zero-order valence-electron chi connectivity index (χ0n) is 16.0. The Bertz CT molecular complexity index is 1020. The average molecular weight is 381 g/mol. The molecule has 0 amide bonds. The molecule has 0 spiro atoms. The first kappa shape index (κ1) is 19.4. The van der Waals surface area contributed by atoms with Gasteiger partial charge < -0.3 is 4.98 Å². The van der Waals surface area contributed by atoms with Gasteiger partial charge >= 0.3 is 0 Å². The quantitative estimate of drug-likeness (QED) is 0.371. The number of thioether (sulfide) groups is 1. The van der Waals surface area contributed by atoms with Gasteiger partial charge in [0.05, 0.1) is 10.9 Å². The lowest BCUT2D eigenvalue weighted by Gasteiger charge is -2.06. The highest BCUT2D eigenvalue weighted by Crippen LogP contribution is 2.20. The van der Waals surface area contributed by atoms with E-state index in [2.05, 4.69) is 9.97 Å². The molecule has 0 saturated heterocycles. The van der Waals surface area contributed by atoms with Crippen LogP contribution in [-0.4, -0.2) is 21.5 Å². The largest absolute Gasteiger partial charge is 0.301 e. The van der Waals surface area contributed by atoms with Crippen molar-refractivity contribution >= 4 is 28.4 Å². The Hall–Kier alpha value is -2.40. The van der Waals surface area contributed by atoms with E-state index in [1.165, 1.54) is 17.3 Å². The third kappa shape index (κ3) is 5.07. The minimum Gasteiger partial charge on any atom is -0.301 e. The van der Waals surface area contributed by atoms with Crippen LogP contribution in [0.15, 0.2) is 46.3 Å². The molecule has 0 saturated carbocycles. The first-order valence-electron chi connectivity index (χ1n) is 9.13. The van der Waals surface area contributed by atoms with Gasteiger partial charge in [0.25, 0.3) is 5.56 Å². The first-order valence-corrected chi connectivity index (χ1v) is 10.1. The first-order chi connectivity index (χ1) is 12.9. The summed E-state index contributed by atoms with van der Waals surface area (Å²) in [5, 5.41) is 1.27. The summed E-state index contributed by atoms with van der Waals surface area (Å²) >= 11 is 1.49. The summed E-state index contributed by atoms with van der Waals surface area (Å²) in [7, 11) is 0. The standard InChI is InChI=1S/C22H24N2O2S/c1-14-6-8-17(9-7-14)13-18(25)5-4-10-27-22-23-19-12-15(2)11-16(3)20(19)21(26)24-22/h6-9,11-12H,4-5,10,13H2,1-3H3,(H,23,24,26). The van der Waals surface area contributed by atoms with E-state index in [1.54, 1.807) is 0 Å². The lowest BCUT2D eigenvalue weighted by atomic mass is 10.0. The number of Topliss-reactive ketones (excluding diaryl/α,β-unsaturated/α-hetero) is 1. The summed E-state index contributed by atoms with van der Waals surface area (Å²) < 4.78 is 0. The van der Waals surface area contributed by atoms with Gasteiger partial charge in [-0.05, 0) is 49.9 Å². The Kier molecular flexibility index (Phi) is 6.11. The SMILES string of the molecule is Cc1ccc(CC(=O)CCCSc2nc3cc(C)cc(C)c3c(=O)[nH]2)cc1. The zero-order valence-corrected chi connectivity index (χ0v) is 16.8.